The van der Waals surface area contributed by atoms with Crippen molar-refractivity contribution >= 4 is 59.3 Å². The van der Waals surface area contributed by atoms with Crippen molar-refractivity contribution in [2.75, 3.05) is 4.90 Å². The van der Waals surface area contributed by atoms with Crippen LogP contribution in [0.4, 0.5) is 17.1 Å². The maximum atomic E-state index is 2.50. The van der Waals surface area contributed by atoms with Crippen molar-refractivity contribution in [3.63, 3.8) is 0 Å². The predicted molar refractivity (Wildman–Crippen MR) is 234 cm³/mol. The highest BCUT2D eigenvalue weighted by atomic mass is 32.1. The van der Waals surface area contributed by atoms with Gasteiger partial charge in [0.25, 0.3) is 0 Å². The Hall–Kier alpha value is -6.74. The van der Waals surface area contributed by atoms with E-state index < -0.39 is 5.41 Å². The number of hydrogen-bond donors (Lipinski definition) is 0. The zero-order valence-corrected chi connectivity index (χ0v) is 30.9. The second kappa shape index (κ2) is 12.7. The smallest absolute Gasteiger partial charge is 0.0714 e. The summed E-state index contributed by atoms with van der Waals surface area (Å²) in [6, 6.07) is 78.4. The summed E-state index contributed by atoms with van der Waals surface area (Å²) < 4.78 is 2.59. The second-order valence-electron chi connectivity index (χ2n) is 14.5. The van der Waals surface area contributed by atoms with E-state index in [0.29, 0.717) is 0 Å². The van der Waals surface area contributed by atoms with Crippen molar-refractivity contribution in [3.05, 3.63) is 235 Å². The van der Waals surface area contributed by atoms with Gasteiger partial charge in [0, 0.05) is 37.1 Å². The van der Waals surface area contributed by atoms with E-state index >= 15 is 0 Å². The Bertz CT molecular complexity index is 3010. The third-order valence-electron chi connectivity index (χ3n) is 11.5. The van der Waals surface area contributed by atoms with Crippen LogP contribution < -0.4 is 4.90 Å². The molecule has 1 heterocycles. The molecule has 1 aliphatic carbocycles. The van der Waals surface area contributed by atoms with E-state index in [1.165, 1.54) is 75.5 Å². The summed E-state index contributed by atoms with van der Waals surface area (Å²) in [5.74, 6) is 0. The monoisotopic (exact) mass is 717 g/mol. The molecule has 1 nitrogen and oxygen atoms in total. The molecule has 9 aromatic carbocycles. The summed E-state index contributed by atoms with van der Waals surface area (Å²) in [6.45, 7) is 0. The topological polar surface area (TPSA) is 3.24 Å². The van der Waals surface area contributed by atoms with Crippen LogP contribution in [-0.2, 0) is 5.41 Å². The Labute approximate surface area is 325 Å². The molecule has 0 fully saturated rings. The maximum absolute atomic E-state index is 2.50. The van der Waals surface area contributed by atoms with Crippen LogP contribution in [0, 0.1) is 0 Å². The molecular formula is C53H35NS. The van der Waals surface area contributed by atoms with Gasteiger partial charge in [-0.1, -0.05) is 170 Å². The first-order valence-corrected chi connectivity index (χ1v) is 19.7. The van der Waals surface area contributed by atoms with Crippen molar-refractivity contribution in [1.29, 1.82) is 0 Å². The molecule has 0 amide bonds. The minimum Gasteiger partial charge on any atom is -0.310 e. The highest BCUT2D eigenvalue weighted by molar-refractivity contribution is 7.25. The Morgan fingerprint density at radius 1 is 0.382 bits per heavy atom. The van der Waals surface area contributed by atoms with E-state index in [9.17, 15) is 0 Å². The molecule has 0 aliphatic heterocycles. The van der Waals surface area contributed by atoms with E-state index in [1.54, 1.807) is 0 Å². The van der Waals surface area contributed by atoms with Crippen molar-refractivity contribution in [1.82, 2.24) is 0 Å². The van der Waals surface area contributed by atoms with Crippen LogP contribution in [0.5, 0.6) is 0 Å². The van der Waals surface area contributed by atoms with E-state index in [1.807, 2.05) is 11.3 Å². The average Bonchev–Trinajstić information content (AvgIpc) is 3.78. The van der Waals surface area contributed by atoms with Gasteiger partial charge in [0.1, 0.15) is 0 Å². The van der Waals surface area contributed by atoms with Gasteiger partial charge >= 0.3 is 0 Å². The number of fused-ring (bicyclic) bond motifs is 7. The molecule has 0 radical (unpaired) electrons. The summed E-state index contributed by atoms with van der Waals surface area (Å²) in [7, 11) is 0. The van der Waals surface area contributed by atoms with Crippen molar-refractivity contribution in [2.45, 2.75) is 5.41 Å². The normalized spacial score (nSPS) is 12.9. The zero-order valence-electron chi connectivity index (χ0n) is 30.1. The highest BCUT2D eigenvalue weighted by Crippen LogP contribution is 2.59. The summed E-state index contributed by atoms with van der Waals surface area (Å²) in [4.78, 5) is 2.50. The highest BCUT2D eigenvalue weighted by Gasteiger charge is 2.47. The van der Waals surface area contributed by atoms with E-state index in [0.717, 1.165) is 17.1 Å². The van der Waals surface area contributed by atoms with E-state index in [4.69, 9.17) is 0 Å². The van der Waals surface area contributed by atoms with Gasteiger partial charge in [-0.05, 0) is 92.2 Å². The number of anilines is 3. The molecule has 1 aromatic heterocycles. The second-order valence-corrected chi connectivity index (χ2v) is 15.5. The van der Waals surface area contributed by atoms with Gasteiger partial charge in [-0.25, -0.2) is 0 Å². The molecule has 0 bridgehead atoms. The fraction of sp³-hybridized carbons (Fsp3) is 0.0189. The summed E-state index contributed by atoms with van der Waals surface area (Å²) in [5, 5.41) is 5.10. The third-order valence-corrected chi connectivity index (χ3v) is 12.6. The SMILES string of the molecule is c1ccc(C2(c3ccccc3)c3ccccc3-c3c(N(c4cccc(-c5ccc6ccccc6c5)c4)c4ccc5c(c4)sc4ccccc45)cccc32)cc1. The molecule has 0 saturated heterocycles. The molecule has 0 saturated carbocycles. The van der Waals surface area contributed by atoms with Crippen molar-refractivity contribution in [2.24, 2.45) is 0 Å². The fourth-order valence-electron chi connectivity index (χ4n) is 9.13. The summed E-state index contributed by atoms with van der Waals surface area (Å²) >= 11 is 1.87. The first-order chi connectivity index (χ1) is 27.3. The molecule has 258 valence electrons. The first kappa shape index (κ1) is 31.8. The van der Waals surface area contributed by atoms with Crippen LogP contribution >= 0.6 is 11.3 Å². The number of rotatable bonds is 6. The molecule has 0 spiro atoms. The molecule has 10 aromatic rings. The molecule has 0 N–H and O–H groups in total. The lowest BCUT2D eigenvalue weighted by Gasteiger charge is -2.34. The minimum absolute atomic E-state index is 0.488. The van der Waals surface area contributed by atoms with E-state index in [2.05, 4.69) is 217 Å². The van der Waals surface area contributed by atoms with Crippen molar-refractivity contribution in [3.8, 4) is 22.3 Å². The van der Waals surface area contributed by atoms with Crippen LogP contribution in [0.1, 0.15) is 22.3 Å². The van der Waals surface area contributed by atoms with Gasteiger partial charge in [-0.2, -0.15) is 0 Å². The largest absolute Gasteiger partial charge is 0.310 e. The van der Waals surface area contributed by atoms with Crippen molar-refractivity contribution < 1.29 is 0 Å². The average molecular weight is 718 g/mol. The zero-order chi connectivity index (χ0) is 36.3. The standard InChI is InChI=1S/C53H35NS/c1-3-18-40(19-4-1)53(41-20-5-2-6-21-41)47-25-11-9-24-46(47)52-48(53)26-14-27-49(52)54(43-31-32-45-44-23-10-12-28-50(44)55-51(45)35-43)42-22-13-17-38(34-42)39-30-29-36-15-7-8-16-37(36)33-39/h1-35H. The van der Waals surface area contributed by atoms with Crippen LogP contribution in [-0.4, -0.2) is 0 Å². The lowest BCUT2D eigenvalue weighted by molar-refractivity contribution is 0.768. The summed E-state index contributed by atoms with van der Waals surface area (Å²) in [5.41, 5.74) is 13.0. The molecule has 11 rings (SSSR count). The number of benzene rings is 9. The Kier molecular flexibility index (Phi) is 7.33. The quantitative estimate of drug-likeness (QED) is 0.166. The van der Waals surface area contributed by atoms with Crippen LogP contribution in [0.25, 0.3) is 53.2 Å². The Morgan fingerprint density at radius 2 is 1.02 bits per heavy atom. The Balaban J connectivity index is 1.19. The van der Waals surface area contributed by atoms with E-state index in [-0.39, 0.29) is 0 Å². The van der Waals surface area contributed by atoms with Gasteiger partial charge in [-0.15, -0.1) is 11.3 Å². The van der Waals surface area contributed by atoms with Gasteiger partial charge < -0.3 is 4.90 Å². The van der Waals surface area contributed by atoms with Crippen LogP contribution in [0.3, 0.4) is 0 Å². The molecule has 0 atom stereocenters. The first-order valence-electron chi connectivity index (χ1n) is 18.9. The minimum atomic E-state index is -0.488. The lowest BCUT2D eigenvalue weighted by Crippen LogP contribution is -2.28. The molecular weight excluding hydrogens is 683 g/mol. The Morgan fingerprint density at radius 3 is 1.85 bits per heavy atom. The van der Waals surface area contributed by atoms with Crippen LogP contribution in [0.15, 0.2) is 212 Å². The molecule has 1 aliphatic rings. The van der Waals surface area contributed by atoms with Gasteiger partial charge in [0.15, 0.2) is 0 Å². The number of hydrogen-bond acceptors (Lipinski definition) is 2. The third kappa shape index (κ3) is 4.92. The summed E-state index contributed by atoms with van der Waals surface area (Å²) in [6.07, 6.45) is 0. The van der Waals surface area contributed by atoms with Gasteiger partial charge in [0.05, 0.1) is 11.1 Å². The van der Waals surface area contributed by atoms with Gasteiger partial charge in [0.2, 0.25) is 0 Å². The molecule has 55 heavy (non-hydrogen) atoms. The van der Waals surface area contributed by atoms with Crippen LogP contribution in [0.2, 0.25) is 0 Å². The lowest BCUT2D eigenvalue weighted by atomic mass is 9.68. The molecule has 2 heteroatoms. The number of thiophene rings is 1. The fourth-order valence-corrected chi connectivity index (χ4v) is 10.3. The maximum Gasteiger partial charge on any atom is 0.0714 e. The van der Waals surface area contributed by atoms with Gasteiger partial charge in [-0.3, -0.25) is 0 Å². The number of nitrogens with zero attached hydrogens (tertiary/aromatic N) is 1. The molecule has 0 unspecified atom stereocenters. The predicted octanol–water partition coefficient (Wildman–Crippen LogP) is 14.7.